The zero-order valence-corrected chi connectivity index (χ0v) is 14.0. The summed E-state index contributed by atoms with van der Waals surface area (Å²) in [6, 6.07) is 1.82. The molecule has 0 aromatic carbocycles. The number of hydrogen-bond donors (Lipinski definition) is 2. The molecule has 0 saturated carbocycles. The summed E-state index contributed by atoms with van der Waals surface area (Å²) >= 11 is 0. The van der Waals surface area contributed by atoms with E-state index in [1.165, 1.54) is 0 Å². The summed E-state index contributed by atoms with van der Waals surface area (Å²) in [6.07, 6.45) is 3.56. The number of hydrazine groups is 1. The molecule has 120 valence electrons. The molecule has 0 radical (unpaired) electrons. The van der Waals surface area contributed by atoms with Crippen molar-refractivity contribution in [1.82, 2.24) is 10.4 Å². The summed E-state index contributed by atoms with van der Waals surface area (Å²) in [5.41, 5.74) is 3.78. The van der Waals surface area contributed by atoms with Gasteiger partial charge in [-0.05, 0) is 37.8 Å². The molecular weight excluding hydrogens is 266 g/mol. The number of nitrogens with one attached hydrogen (secondary N) is 1. The fraction of sp³-hybridized carbons (Fsp3) is 0.688. The monoisotopic (exact) mass is 295 g/mol. The van der Waals surface area contributed by atoms with E-state index >= 15 is 0 Å². The molecule has 0 aliphatic carbocycles. The van der Waals surface area contributed by atoms with E-state index in [4.69, 9.17) is 15.3 Å². The molecule has 0 fully saturated rings. The van der Waals surface area contributed by atoms with E-state index < -0.39 is 0 Å². The molecule has 2 unspecified atom stereocenters. The molecule has 0 aliphatic rings. The van der Waals surface area contributed by atoms with Crippen LogP contribution in [-0.2, 0) is 4.74 Å². The summed E-state index contributed by atoms with van der Waals surface area (Å²) in [5, 5.41) is 0. The van der Waals surface area contributed by atoms with Crippen molar-refractivity contribution >= 4 is 0 Å². The maximum absolute atomic E-state index is 5.92. The van der Waals surface area contributed by atoms with Crippen molar-refractivity contribution in [3.05, 3.63) is 24.0 Å². The molecule has 0 amide bonds. The van der Waals surface area contributed by atoms with Crippen LogP contribution in [0, 0.1) is 5.41 Å². The maximum Gasteiger partial charge on any atom is 0.138 e. The zero-order chi connectivity index (χ0) is 16.0. The topological polar surface area (TPSA) is 69.4 Å². The summed E-state index contributed by atoms with van der Waals surface area (Å²) < 4.78 is 11.6. The Morgan fingerprint density at radius 2 is 1.95 bits per heavy atom. The van der Waals surface area contributed by atoms with Crippen LogP contribution >= 0.6 is 0 Å². The molecule has 0 aliphatic heterocycles. The molecule has 1 aromatic rings. The fourth-order valence-corrected chi connectivity index (χ4v) is 2.33. The first-order chi connectivity index (χ1) is 9.79. The summed E-state index contributed by atoms with van der Waals surface area (Å²) in [7, 11) is 0. The van der Waals surface area contributed by atoms with Gasteiger partial charge in [-0.1, -0.05) is 20.8 Å². The highest BCUT2D eigenvalue weighted by Gasteiger charge is 2.33. The van der Waals surface area contributed by atoms with Gasteiger partial charge in [-0.25, -0.2) is 0 Å². The molecule has 21 heavy (non-hydrogen) atoms. The van der Waals surface area contributed by atoms with Gasteiger partial charge in [0.1, 0.15) is 5.75 Å². The van der Waals surface area contributed by atoms with Crippen LogP contribution in [0.5, 0.6) is 5.75 Å². The van der Waals surface area contributed by atoms with E-state index in [-0.39, 0.29) is 23.7 Å². The number of aromatic nitrogens is 1. The normalized spacial score (nSPS) is 15.0. The lowest BCUT2D eigenvalue weighted by Gasteiger charge is -2.36. The Balaban J connectivity index is 3.07. The van der Waals surface area contributed by atoms with Crippen molar-refractivity contribution in [2.75, 3.05) is 6.61 Å². The standard InChI is InChI=1S/C16H29N3O2/c1-7-20-15(16(4,5)6)14(19-17)12-8-13(10-18-9-12)21-11(2)3/h8-11,14-15,19H,7,17H2,1-6H3. The lowest BCUT2D eigenvalue weighted by Crippen LogP contribution is -2.44. The molecule has 1 heterocycles. The molecule has 1 rings (SSSR count). The van der Waals surface area contributed by atoms with Crippen molar-refractivity contribution < 1.29 is 9.47 Å². The molecule has 0 bridgehead atoms. The van der Waals surface area contributed by atoms with E-state index in [2.05, 4.69) is 31.2 Å². The van der Waals surface area contributed by atoms with Crippen LogP contribution in [0.15, 0.2) is 18.5 Å². The van der Waals surface area contributed by atoms with Gasteiger partial charge in [-0.3, -0.25) is 16.3 Å². The van der Waals surface area contributed by atoms with E-state index in [1.807, 2.05) is 26.8 Å². The van der Waals surface area contributed by atoms with Crippen LogP contribution in [0.3, 0.4) is 0 Å². The van der Waals surface area contributed by atoms with Crippen molar-refractivity contribution in [2.45, 2.75) is 59.8 Å². The predicted octanol–water partition coefficient (Wildman–Crippen LogP) is 2.82. The highest BCUT2D eigenvalue weighted by molar-refractivity contribution is 5.27. The van der Waals surface area contributed by atoms with Crippen molar-refractivity contribution in [3.8, 4) is 5.75 Å². The van der Waals surface area contributed by atoms with E-state index in [1.54, 1.807) is 12.4 Å². The number of nitrogens with two attached hydrogens (primary N) is 1. The SMILES string of the molecule is CCOC(C(NN)c1cncc(OC(C)C)c1)C(C)(C)C. The Kier molecular flexibility index (Phi) is 6.58. The van der Waals surface area contributed by atoms with E-state index in [9.17, 15) is 0 Å². The first-order valence-electron chi connectivity index (χ1n) is 7.49. The molecule has 0 saturated heterocycles. The Hall–Kier alpha value is -1.17. The third kappa shape index (κ3) is 5.26. The Labute approximate surface area is 128 Å². The van der Waals surface area contributed by atoms with Crippen molar-refractivity contribution in [1.29, 1.82) is 0 Å². The van der Waals surface area contributed by atoms with Gasteiger partial charge in [0.25, 0.3) is 0 Å². The number of nitrogens with zero attached hydrogens (tertiary/aromatic N) is 1. The van der Waals surface area contributed by atoms with Gasteiger partial charge in [-0.15, -0.1) is 0 Å². The van der Waals surface area contributed by atoms with Crippen LogP contribution in [0.25, 0.3) is 0 Å². The number of ether oxygens (including phenoxy) is 2. The second-order valence-electron chi connectivity index (χ2n) is 6.51. The van der Waals surface area contributed by atoms with Gasteiger partial charge in [0.15, 0.2) is 0 Å². The van der Waals surface area contributed by atoms with Gasteiger partial charge in [0, 0.05) is 12.8 Å². The minimum Gasteiger partial charge on any atom is -0.489 e. The molecule has 3 N–H and O–H groups in total. The first kappa shape index (κ1) is 17.9. The van der Waals surface area contributed by atoms with E-state index in [0.717, 1.165) is 11.3 Å². The fourth-order valence-electron chi connectivity index (χ4n) is 2.33. The zero-order valence-electron chi connectivity index (χ0n) is 14.0. The van der Waals surface area contributed by atoms with Crippen LogP contribution in [0.1, 0.15) is 53.1 Å². The van der Waals surface area contributed by atoms with Gasteiger partial charge in [0.05, 0.1) is 24.4 Å². The lowest BCUT2D eigenvalue weighted by molar-refractivity contribution is -0.0367. The summed E-state index contributed by atoms with van der Waals surface area (Å²) in [4.78, 5) is 4.26. The number of pyridine rings is 1. The molecule has 2 atom stereocenters. The Morgan fingerprint density at radius 3 is 2.43 bits per heavy atom. The predicted molar refractivity (Wildman–Crippen MR) is 84.9 cm³/mol. The van der Waals surface area contributed by atoms with Crippen LogP contribution in [-0.4, -0.2) is 23.8 Å². The quantitative estimate of drug-likeness (QED) is 0.598. The van der Waals surface area contributed by atoms with Gasteiger partial charge in [0.2, 0.25) is 0 Å². The minimum absolute atomic E-state index is 0.0536. The average molecular weight is 295 g/mol. The molecule has 1 aromatic heterocycles. The lowest BCUT2D eigenvalue weighted by atomic mass is 9.82. The second kappa shape index (κ2) is 7.73. The molecule has 5 nitrogen and oxygen atoms in total. The molecular formula is C16H29N3O2. The number of rotatable bonds is 7. The third-order valence-electron chi connectivity index (χ3n) is 3.15. The summed E-state index contributed by atoms with van der Waals surface area (Å²) in [6.45, 7) is 13.0. The molecule has 5 heteroatoms. The van der Waals surface area contributed by atoms with Crippen LogP contribution in [0.4, 0.5) is 0 Å². The Bertz CT molecular complexity index is 430. The molecule has 0 spiro atoms. The highest BCUT2D eigenvalue weighted by Crippen LogP contribution is 2.33. The highest BCUT2D eigenvalue weighted by atomic mass is 16.5. The minimum atomic E-state index is -0.145. The summed E-state index contributed by atoms with van der Waals surface area (Å²) in [5.74, 6) is 6.53. The van der Waals surface area contributed by atoms with E-state index in [0.29, 0.717) is 6.61 Å². The maximum atomic E-state index is 5.92. The third-order valence-corrected chi connectivity index (χ3v) is 3.15. The van der Waals surface area contributed by atoms with Crippen LogP contribution in [0.2, 0.25) is 0 Å². The smallest absolute Gasteiger partial charge is 0.138 e. The average Bonchev–Trinajstić information content (AvgIpc) is 2.37. The first-order valence-corrected chi connectivity index (χ1v) is 7.49. The van der Waals surface area contributed by atoms with Gasteiger partial charge >= 0.3 is 0 Å². The Morgan fingerprint density at radius 1 is 1.29 bits per heavy atom. The number of hydrogen-bond acceptors (Lipinski definition) is 5. The second-order valence-corrected chi connectivity index (χ2v) is 6.51. The van der Waals surface area contributed by atoms with Crippen LogP contribution < -0.4 is 16.0 Å². The largest absolute Gasteiger partial charge is 0.489 e. The van der Waals surface area contributed by atoms with Gasteiger partial charge < -0.3 is 9.47 Å². The van der Waals surface area contributed by atoms with Crippen molar-refractivity contribution in [3.63, 3.8) is 0 Å². The van der Waals surface area contributed by atoms with Crippen molar-refractivity contribution in [2.24, 2.45) is 11.3 Å². The van der Waals surface area contributed by atoms with Gasteiger partial charge in [-0.2, -0.15) is 0 Å².